The van der Waals surface area contributed by atoms with Crippen LogP contribution in [0.3, 0.4) is 0 Å². The lowest BCUT2D eigenvalue weighted by molar-refractivity contribution is -0.275. The van der Waals surface area contributed by atoms with Gasteiger partial charge in [-0.25, -0.2) is 4.39 Å². The second-order valence-corrected chi connectivity index (χ2v) is 2.63. The molecule has 0 fully saturated rings. The van der Waals surface area contributed by atoms with E-state index in [1.807, 2.05) is 0 Å². The molecule has 0 aliphatic heterocycles. The third-order valence-corrected chi connectivity index (χ3v) is 1.65. The zero-order valence-electron chi connectivity index (χ0n) is 7.36. The number of halogens is 4. The highest BCUT2D eigenvalue weighted by Crippen LogP contribution is 2.27. The molecule has 14 heavy (non-hydrogen) atoms. The van der Waals surface area contributed by atoms with Crippen LogP contribution < -0.4 is 4.74 Å². The molecule has 0 saturated heterocycles. The maximum absolute atomic E-state index is 13.2. The quantitative estimate of drug-likeness (QED) is 0.677. The van der Waals surface area contributed by atoms with Crippen LogP contribution in [0.15, 0.2) is 18.2 Å². The van der Waals surface area contributed by atoms with Gasteiger partial charge >= 0.3 is 6.36 Å². The Balaban J connectivity index is 2.98. The first-order valence-electron chi connectivity index (χ1n) is 3.97. The first kappa shape index (κ1) is 10.8. The molecule has 1 aromatic carbocycles. The van der Waals surface area contributed by atoms with Gasteiger partial charge in [0.05, 0.1) is 0 Å². The number of benzene rings is 1. The SMILES string of the molecule is CCc1cccc(OC(F)(F)F)c1F. The van der Waals surface area contributed by atoms with Gasteiger partial charge in [0.25, 0.3) is 0 Å². The predicted molar refractivity (Wildman–Crippen MR) is 42.5 cm³/mol. The van der Waals surface area contributed by atoms with Gasteiger partial charge in [-0.15, -0.1) is 13.2 Å². The zero-order chi connectivity index (χ0) is 10.8. The molecule has 0 heterocycles. The molecule has 0 aromatic heterocycles. The lowest BCUT2D eigenvalue weighted by Gasteiger charge is -2.10. The average Bonchev–Trinajstić information content (AvgIpc) is 2.06. The fourth-order valence-electron chi connectivity index (χ4n) is 1.03. The van der Waals surface area contributed by atoms with Gasteiger partial charge in [0.2, 0.25) is 0 Å². The Labute approximate surface area is 78.3 Å². The second kappa shape index (κ2) is 3.86. The van der Waals surface area contributed by atoms with E-state index in [-0.39, 0.29) is 5.56 Å². The van der Waals surface area contributed by atoms with E-state index >= 15 is 0 Å². The second-order valence-electron chi connectivity index (χ2n) is 2.63. The van der Waals surface area contributed by atoms with Crippen molar-refractivity contribution in [3.8, 4) is 5.75 Å². The first-order valence-corrected chi connectivity index (χ1v) is 3.97. The highest BCUT2D eigenvalue weighted by Gasteiger charge is 2.32. The molecule has 1 rings (SSSR count). The highest BCUT2D eigenvalue weighted by molar-refractivity contribution is 5.31. The fourth-order valence-corrected chi connectivity index (χ4v) is 1.03. The molecule has 0 amide bonds. The van der Waals surface area contributed by atoms with Gasteiger partial charge in [0.15, 0.2) is 11.6 Å². The Hall–Kier alpha value is -1.26. The van der Waals surface area contributed by atoms with Gasteiger partial charge < -0.3 is 4.74 Å². The summed E-state index contributed by atoms with van der Waals surface area (Å²) in [5, 5.41) is 0. The maximum atomic E-state index is 13.2. The molecule has 0 bridgehead atoms. The molecular weight excluding hydrogens is 200 g/mol. The highest BCUT2D eigenvalue weighted by atomic mass is 19.4. The summed E-state index contributed by atoms with van der Waals surface area (Å²) in [5.74, 6) is -1.73. The van der Waals surface area contributed by atoms with Crippen LogP contribution in [-0.2, 0) is 6.42 Å². The molecule has 0 radical (unpaired) electrons. The van der Waals surface area contributed by atoms with E-state index in [2.05, 4.69) is 4.74 Å². The maximum Gasteiger partial charge on any atom is 0.573 e. The summed E-state index contributed by atoms with van der Waals surface area (Å²) >= 11 is 0. The molecular formula is C9H8F4O. The van der Waals surface area contributed by atoms with Crippen LogP contribution in [-0.4, -0.2) is 6.36 Å². The number of hydrogen-bond donors (Lipinski definition) is 0. The lowest BCUT2D eigenvalue weighted by atomic mass is 10.1. The van der Waals surface area contributed by atoms with Gasteiger partial charge in [0.1, 0.15) is 0 Å². The summed E-state index contributed by atoms with van der Waals surface area (Å²) in [7, 11) is 0. The Kier molecular flexibility index (Phi) is 2.98. The molecule has 0 saturated carbocycles. The normalized spacial score (nSPS) is 11.5. The van der Waals surface area contributed by atoms with E-state index < -0.39 is 17.9 Å². The van der Waals surface area contributed by atoms with E-state index in [0.717, 1.165) is 6.07 Å². The van der Waals surface area contributed by atoms with Crippen molar-refractivity contribution in [2.75, 3.05) is 0 Å². The zero-order valence-corrected chi connectivity index (χ0v) is 7.36. The van der Waals surface area contributed by atoms with Crippen molar-refractivity contribution in [3.05, 3.63) is 29.6 Å². The smallest absolute Gasteiger partial charge is 0.403 e. The van der Waals surface area contributed by atoms with Crippen LogP contribution in [0.25, 0.3) is 0 Å². The molecule has 0 aliphatic rings. The summed E-state index contributed by atoms with van der Waals surface area (Å²) in [4.78, 5) is 0. The molecule has 0 atom stereocenters. The number of rotatable bonds is 2. The standard InChI is InChI=1S/C9H8F4O/c1-2-6-4-3-5-7(8(6)10)14-9(11,12)13/h3-5H,2H2,1H3. The van der Waals surface area contributed by atoms with Crippen LogP contribution in [0, 0.1) is 5.82 Å². The lowest BCUT2D eigenvalue weighted by Crippen LogP contribution is -2.18. The Bertz CT molecular complexity index is 319. The van der Waals surface area contributed by atoms with E-state index in [9.17, 15) is 17.6 Å². The van der Waals surface area contributed by atoms with Crippen molar-refractivity contribution in [3.63, 3.8) is 0 Å². The number of ether oxygens (including phenoxy) is 1. The van der Waals surface area contributed by atoms with Crippen LogP contribution in [0.4, 0.5) is 17.6 Å². The van der Waals surface area contributed by atoms with Gasteiger partial charge in [-0.3, -0.25) is 0 Å². The Morgan fingerprint density at radius 2 is 1.93 bits per heavy atom. The molecule has 0 unspecified atom stereocenters. The average molecular weight is 208 g/mol. The minimum atomic E-state index is -4.85. The van der Waals surface area contributed by atoms with Gasteiger partial charge in [-0.05, 0) is 18.1 Å². The van der Waals surface area contributed by atoms with Crippen LogP contribution in [0.1, 0.15) is 12.5 Å². The van der Waals surface area contributed by atoms with Crippen molar-refractivity contribution < 1.29 is 22.3 Å². The van der Waals surface area contributed by atoms with Crippen molar-refractivity contribution >= 4 is 0 Å². The largest absolute Gasteiger partial charge is 0.573 e. The molecule has 0 aliphatic carbocycles. The van der Waals surface area contributed by atoms with Crippen LogP contribution >= 0.6 is 0 Å². The van der Waals surface area contributed by atoms with Crippen molar-refractivity contribution in [2.45, 2.75) is 19.7 Å². The minimum Gasteiger partial charge on any atom is -0.403 e. The molecule has 78 valence electrons. The molecule has 1 nitrogen and oxygen atoms in total. The van der Waals surface area contributed by atoms with E-state index in [4.69, 9.17) is 0 Å². The molecule has 0 N–H and O–H groups in total. The minimum absolute atomic E-state index is 0.201. The topological polar surface area (TPSA) is 9.23 Å². The Morgan fingerprint density at radius 3 is 2.43 bits per heavy atom. The van der Waals surface area contributed by atoms with Crippen molar-refractivity contribution in [1.82, 2.24) is 0 Å². The van der Waals surface area contributed by atoms with E-state index in [1.54, 1.807) is 6.92 Å². The summed E-state index contributed by atoms with van der Waals surface area (Å²) in [5.41, 5.74) is 0.201. The molecule has 1 aromatic rings. The Morgan fingerprint density at radius 1 is 1.29 bits per heavy atom. The van der Waals surface area contributed by atoms with Crippen molar-refractivity contribution in [2.24, 2.45) is 0 Å². The number of aryl methyl sites for hydroxylation is 1. The first-order chi connectivity index (χ1) is 6.44. The van der Waals surface area contributed by atoms with Gasteiger partial charge in [-0.1, -0.05) is 19.1 Å². The van der Waals surface area contributed by atoms with Crippen LogP contribution in [0.5, 0.6) is 5.75 Å². The summed E-state index contributed by atoms with van der Waals surface area (Å²) in [6.45, 7) is 1.65. The van der Waals surface area contributed by atoms with E-state index in [0.29, 0.717) is 6.42 Å². The summed E-state index contributed by atoms with van der Waals surface area (Å²) in [6, 6.07) is 3.68. The van der Waals surface area contributed by atoms with Gasteiger partial charge in [0, 0.05) is 0 Å². The fraction of sp³-hybridized carbons (Fsp3) is 0.333. The third-order valence-electron chi connectivity index (χ3n) is 1.65. The number of alkyl halides is 3. The monoisotopic (exact) mass is 208 g/mol. The molecule has 5 heteroatoms. The number of hydrogen-bond acceptors (Lipinski definition) is 1. The van der Waals surface area contributed by atoms with E-state index in [1.165, 1.54) is 12.1 Å². The van der Waals surface area contributed by atoms with Gasteiger partial charge in [-0.2, -0.15) is 0 Å². The summed E-state index contributed by atoms with van der Waals surface area (Å²) in [6.07, 6.45) is -4.53. The van der Waals surface area contributed by atoms with Crippen molar-refractivity contribution in [1.29, 1.82) is 0 Å². The third kappa shape index (κ3) is 2.61. The molecule has 0 spiro atoms. The summed E-state index contributed by atoms with van der Waals surface area (Å²) < 4.78 is 52.0. The predicted octanol–water partition coefficient (Wildman–Crippen LogP) is 3.29. The van der Waals surface area contributed by atoms with Crippen LogP contribution in [0.2, 0.25) is 0 Å².